The highest BCUT2D eigenvalue weighted by Crippen LogP contribution is 2.37. The molecule has 0 aromatic heterocycles. The average molecular weight is 568 g/mol. The van der Waals surface area contributed by atoms with Crippen molar-refractivity contribution in [3.8, 4) is 11.5 Å². The summed E-state index contributed by atoms with van der Waals surface area (Å²) in [6, 6.07) is 14.1. The summed E-state index contributed by atoms with van der Waals surface area (Å²) in [5, 5.41) is 5.32. The number of halogens is 2. The maximum Gasteiger partial charge on any atom is 0.335 e. The molecule has 1 aliphatic heterocycles. The van der Waals surface area contributed by atoms with Gasteiger partial charge in [0.15, 0.2) is 18.1 Å². The Hall–Kier alpha value is -4.34. The van der Waals surface area contributed by atoms with Crippen molar-refractivity contribution in [2.45, 2.75) is 13.8 Å². The highest BCUT2D eigenvalue weighted by atomic mass is 35.5. The minimum Gasteiger partial charge on any atom is -0.493 e. The number of nitrogens with one attached hydrogen (secondary N) is 2. The molecule has 0 bridgehead atoms. The summed E-state index contributed by atoms with van der Waals surface area (Å²) in [4.78, 5) is 51.6. The van der Waals surface area contributed by atoms with Crippen molar-refractivity contribution in [2.24, 2.45) is 0 Å². The van der Waals surface area contributed by atoms with Crippen molar-refractivity contribution in [3.63, 3.8) is 0 Å². The molecule has 1 heterocycles. The molecule has 200 valence electrons. The van der Waals surface area contributed by atoms with Gasteiger partial charge >= 0.3 is 6.03 Å². The van der Waals surface area contributed by atoms with Crippen molar-refractivity contribution in [1.29, 1.82) is 0 Å². The van der Waals surface area contributed by atoms with Crippen LogP contribution in [-0.2, 0) is 14.4 Å². The fourth-order valence-electron chi connectivity index (χ4n) is 3.82. The van der Waals surface area contributed by atoms with Gasteiger partial charge in [-0.05, 0) is 67.4 Å². The van der Waals surface area contributed by atoms with Crippen molar-refractivity contribution in [1.82, 2.24) is 5.32 Å². The third kappa shape index (κ3) is 6.05. The molecule has 1 saturated heterocycles. The molecule has 0 unspecified atom stereocenters. The number of carbonyl (C=O) groups excluding carboxylic acids is 4. The quantitative estimate of drug-likeness (QED) is 0.295. The van der Waals surface area contributed by atoms with Gasteiger partial charge in [0.05, 0.1) is 17.8 Å². The minimum atomic E-state index is -0.893. The Morgan fingerprint density at radius 3 is 2.44 bits per heavy atom. The number of barbiturate groups is 1. The summed E-state index contributed by atoms with van der Waals surface area (Å²) < 4.78 is 11.0. The Labute approximate surface area is 234 Å². The number of anilines is 2. The van der Waals surface area contributed by atoms with Gasteiger partial charge in [0.1, 0.15) is 5.57 Å². The Morgan fingerprint density at radius 1 is 1.03 bits per heavy atom. The largest absolute Gasteiger partial charge is 0.493 e. The summed E-state index contributed by atoms with van der Waals surface area (Å²) in [6.45, 7) is 3.25. The SMILES string of the molecule is COc1cc(/C=C2\C(=O)NC(=O)N(c3cccc(Cl)c3C)C2=O)cc(Cl)c1OCC(=O)Nc1ccc(C)cc1. The van der Waals surface area contributed by atoms with Gasteiger partial charge in [0, 0.05) is 10.7 Å². The molecule has 1 fully saturated rings. The van der Waals surface area contributed by atoms with E-state index in [0.717, 1.165) is 10.5 Å². The Balaban J connectivity index is 1.57. The van der Waals surface area contributed by atoms with E-state index in [4.69, 9.17) is 32.7 Å². The molecule has 0 radical (unpaired) electrons. The number of carbonyl (C=O) groups is 4. The van der Waals surface area contributed by atoms with Gasteiger partial charge in [0.2, 0.25) is 0 Å². The van der Waals surface area contributed by atoms with Gasteiger partial charge in [-0.15, -0.1) is 0 Å². The van der Waals surface area contributed by atoms with Gasteiger partial charge in [-0.25, -0.2) is 9.69 Å². The van der Waals surface area contributed by atoms with E-state index < -0.39 is 23.8 Å². The molecule has 1 aliphatic rings. The predicted octanol–water partition coefficient (Wildman–Crippen LogP) is 5.30. The molecule has 5 amide bonds. The first kappa shape index (κ1) is 27.7. The number of hydrogen-bond acceptors (Lipinski definition) is 6. The van der Waals surface area contributed by atoms with E-state index in [-0.39, 0.29) is 34.4 Å². The lowest BCUT2D eigenvalue weighted by molar-refractivity contribution is -0.122. The lowest BCUT2D eigenvalue weighted by atomic mass is 10.1. The van der Waals surface area contributed by atoms with Crippen molar-refractivity contribution >= 4 is 64.4 Å². The van der Waals surface area contributed by atoms with Crippen molar-refractivity contribution in [2.75, 3.05) is 23.9 Å². The highest BCUT2D eigenvalue weighted by Gasteiger charge is 2.37. The summed E-state index contributed by atoms with van der Waals surface area (Å²) in [5.41, 5.74) is 2.43. The third-order valence-corrected chi connectivity index (χ3v) is 6.52. The van der Waals surface area contributed by atoms with Gasteiger partial charge in [-0.2, -0.15) is 0 Å². The fraction of sp³-hybridized carbons (Fsp3) is 0.143. The molecular weight excluding hydrogens is 545 g/mol. The zero-order chi connectivity index (χ0) is 28.3. The number of aryl methyl sites for hydroxylation is 1. The van der Waals surface area contributed by atoms with Crippen LogP contribution in [0.1, 0.15) is 16.7 Å². The van der Waals surface area contributed by atoms with E-state index in [1.165, 1.54) is 25.3 Å². The second-order valence-electron chi connectivity index (χ2n) is 8.58. The normalized spacial score (nSPS) is 14.3. The molecule has 0 atom stereocenters. The number of imide groups is 2. The maximum absolute atomic E-state index is 13.3. The zero-order valence-corrected chi connectivity index (χ0v) is 22.6. The number of nitrogens with zero attached hydrogens (tertiary/aromatic N) is 1. The maximum atomic E-state index is 13.3. The van der Waals surface area contributed by atoms with Crippen LogP contribution in [0.25, 0.3) is 6.08 Å². The molecule has 2 N–H and O–H groups in total. The molecule has 0 aliphatic carbocycles. The van der Waals surface area contributed by atoms with Crippen LogP contribution < -0.4 is 25.0 Å². The second kappa shape index (κ2) is 11.6. The fourth-order valence-corrected chi connectivity index (χ4v) is 4.26. The van der Waals surface area contributed by atoms with Crippen LogP contribution in [0.3, 0.4) is 0 Å². The Bertz CT molecular complexity index is 1520. The number of methoxy groups -OCH3 is 1. The van der Waals surface area contributed by atoms with Crippen LogP contribution in [0.15, 0.2) is 60.2 Å². The lowest BCUT2D eigenvalue weighted by Gasteiger charge is -2.27. The standard InChI is InChI=1S/C28H23Cl2N3O6/c1-15-7-9-18(10-8-15)31-24(34)14-39-25-21(30)12-17(13-23(25)38-3)11-19-26(35)32-28(37)33(27(19)36)22-6-4-5-20(29)16(22)2/h4-13H,14H2,1-3H3,(H,31,34)(H,32,35,37)/b19-11+. The molecule has 3 aromatic rings. The minimum absolute atomic E-state index is 0.0756. The van der Waals surface area contributed by atoms with E-state index in [2.05, 4.69) is 10.6 Å². The first-order valence-corrected chi connectivity index (χ1v) is 12.4. The molecule has 0 spiro atoms. The molecule has 3 aromatic carbocycles. The number of amides is 5. The van der Waals surface area contributed by atoms with E-state index in [1.807, 2.05) is 19.1 Å². The third-order valence-electron chi connectivity index (χ3n) is 5.83. The predicted molar refractivity (Wildman–Crippen MR) is 148 cm³/mol. The van der Waals surface area contributed by atoms with E-state index in [9.17, 15) is 19.2 Å². The van der Waals surface area contributed by atoms with Crippen LogP contribution in [0.5, 0.6) is 11.5 Å². The molecular formula is C28H23Cl2N3O6. The van der Waals surface area contributed by atoms with Gasteiger partial charge in [0.25, 0.3) is 17.7 Å². The van der Waals surface area contributed by atoms with Crippen LogP contribution in [0, 0.1) is 13.8 Å². The van der Waals surface area contributed by atoms with Crippen molar-refractivity contribution in [3.05, 3.63) is 86.9 Å². The van der Waals surface area contributed by atoms with Crippen LogP contribution in [-0.4, -0.2) is 37.5 Å². The molecule has 11 heteroatoms. The van der Waals surface area contributed by atoms with E-state index in [1.54, 1.807) is 37.3 Å². The van der Waals surface area contributed by atoms with Crippen LogP contribution >= 0.6 is 23.2 Å². The van der Waals surface area contributed by atoms with Crippen LogP contribution in [0.2, 0.25) is 10.0 Å². The topological polar surface area (TPSA) is 114 Å². The summed E-state index contributed by atoms with van der Waals surface area (Å²) in [7, 11) is 1.38. The molecule has 9 nitrogen and oxygen atoms in total. The monoisotopic (exact) mass is 567 g/mol. The number of urea groups is 1. The number of ether oxygens (including phenoxy) is 2. The van der Waals surface area contributed by atoms with Crippen LogP contribution in [0.4, 0.5) is 16.2 Å². The first-order valence-electron chi connectivity index (χ1n) is 11.6. The van der Waals surface area contributed by atoms with Gasteiger partial charge in [-0.3, -0.25) is 19.7 Å². The Kier molecular flexibility index (Phi) is 8.23. The zero-order valence-electron chi connectivity index (χ0n) is 21.1. The van der Waals surface area contributed by atoms with Gasteiger partial charge in [-0.1, -0.05) is 47.0 Å². The summed E-state index contributed by atoms with van der Waals surface area (Å²) >= 11 is 12.6. The first-order chi connectivity index (χ1) is 18.6. The molecule has 4 rings (SSSR count). The number of benzene rings is 3. The molecule has 0 saturated carbocycles. The van der Waals surface area contributed by atoms with E-state index in [0.29, 0.717) is 21.8 Å². The summed E-state index contributed by atoms with van der Waals surface area (Å²) in [5.74, 6) is -1.85. The lowest BCUT2D eigenvalue weighted by Crippen LogP contribution is -2.54. The Morgan fingerprint density at radius 2 is 1.74 bits per heavy atom. The average Bonchev–Trinajstić information content (AvgIpc) is 2.89. The number of rotatable bonds is 7. The van der Waals surface area contributed by atoms with Gasteiger partial charge < -0.3 is 14.8 Å². The van der Waals surface area contributed by atoms with E-state index >= 15 is 0 Å². The smallest absolute Gasteiger partial charge is 0.335 e. The summed E-state index contributed by atoms with van der Waals surface area (Å²) in [6.07, 6.45) is 1.28. The second-order valence-corrected chi connectivity index (χ2v) is 9.39. The van der Waals surface area contributed by atoms with Crippen molar-refractivity contribution < 1.29 is 28.7 Å². The number of hydrogen-bond donors (Lipinski definition) is 2. The highest BCUT2D eigenvalue weighted by molar-refractivity contribution is 6.40. The molecule has 39 heavy (non-hydrogen) atoms.